The number of methoxy groups -OCH3 is 9. The Balaban J connectivity index is 0.000000110. The number of benzene rings is 15. The fraction of sp³-hybridized carbons (Fsp3) is 0.408. The number of pyridine rings is 1. The molecule has 0 saturated carbocycles. The van der Waals surface area contributed by atoms with E-state index in [0.29, 0.717) is 36.5 Å². The number of nitrogens with zero attached hydrogens (tertiary/aromatic N) is 5. The predicted octanol–water partition coefficient (Wildman–Crippen LogP) is 23.8. The highest BCUT2D eigenvalue weighted by Gasteiger charge is 2.45. The first-order valence-corrected chi connectivity index (χ1v) is 52.3. The molecule has 1 amide bonds. The zero-order valence-corrected chi connectivity index (χ0v) is 89.3. The Labute approximate surface area is 857 Å². The molecule has 750 valence electrons. The van der Waals surface area contributed by atoms with E-state index in [2.05, 4.69) is 178 Å². The molecule has 25 rings (SSSR count). The summed E-state index contributed by atoms with van der Waals surface area (Å²) in [6.07, 6.45) is 23.8. The lowest BCUT2D eigenvalue weighted by Gasteiger charge is -2.54. The highest BCUT2D eigenvalue weighted by molar-refractivity contribution is 6.26. The topological polar surface area (TPSA) is 177 Å². The molecule has 6 unspecified atom stereocenters. The first-order chi connectivity index (χ1) is 69.2. The summed E-state index contributed by atoms with van der Waals surface area (Å²) in [7, 11) is 15.6. The summed E-state index contributed by atoms with van der Waals surface area (Å²) in [5, 5.41) is 62.5. The molecule has 1 aromatic heterocycles. The summed E-state index contributed by atoms with van der Waals surface area (Å²) in [4.78, 5) is 21.0. The van der Waals surface area contributed by atoms with Crippen molar-refractivity contribution in [3.05, 3.63) is 245 Å². The van der Waals surface area contributed by atoms with Gasteiger partial charge in [0.15, 0.2) is 11.9 Å². The Morgan fingerprint density at radius 1 is 0.333 bits per heavy atom. The van der Waals surface area contributed by atoms with Crippen molar-refractivity contribution in [2.24, 2.45) is 0 Å². The number of phenolic OH excluding ortho intramolecular Hbond substituents is 1. The van der Waals surface area contributed by atoms with E-state index in [1.807, 2.05) is 43.9 Å². The lowest BCUT2D eigenvalue weighted by molar-refractivity contribution is -0.925. The highest BCUT2D eigenvalue weighted by atomic mass is 79.9. The van der Waals surface area contributed by atoms with Crippen molar-refractivity contribution in [2.45, 2.75) is 248 Å². The van der Waals surface area contributed by atoms with Gasteiger partial charge in [-0.2, -0.15) is 0 Å². The van der Waals surface area contributed by atoms with E-state index >= 15 is 0 Å². The van der Waals surface area contributed by atoms with Crippen LogP contribution in [0.5, 0.6) is 57.5 Å². The van der Waals surface area contributed by atoms with Crippen LogP contribution in [-0.2, 0) is 51.9 Å². The van der Waals surface area contributed by atoms with Crippen LogP contribution in [0.2, 0.25) is 0 Å². The second-order valence-electron chi connectivity index (χ2n) is 42.6. The number of piperidine rings is 3. The molecule has 0 spiro atoms. The summed E-state index contributed by atoms with van der Waals surface area (Å²) in [5.74, 6) is 8.57. The minimum atomic E-state index is -0.718. The van der Waals surface area contributed by atoms with Gasteiger partial charge in [0, 0.05) is 80.0 Å². The number of carbonyl (C=O) groups is 1. The van der Waals surface area contributed by atoms with E-state index < -0.39 is 6.10 Å². The number of rotatable bonds is 9. The van der Waals surface area contributed by atoms with E-state index in [1.54, 1.807) is 64.0 Å². The number of aromatic nitrogens is 1. The number of carbonyl (C=O) groups excluding carboxylic acids is 1. The maximum atomic E-state index is 13.7. The van der Waals surface area contributed by atoms with Crippen molar-refractivity contribution in [3.8, 4) is 57.5 Å². The third-order valence-electron chi connectivity index (χ3n) is 34.3. The third kappa shape index (κ3) is 17.3. The fourth-order valence-electron chi connectivity index (χ4n) is 26.7. The van der Waals surface area contributed by atoms with Gasteiger partial charge in [-0.05, 0) is 472 Å². The molecule has 18 nitrogen and oxygen atoms in total. The van der Waals surface area contributed by atoms with Crippen molar-refractivity contribution in [3.63, 3.8) is 0 Å². The summed E-state index contributed by atoms with van der Waals surface area (Å²) in [5.41, 5.74) is 22.3. The van der Waals surface area contributed by atoms with Gasteiger partial charge >= 0.3 is 0 Å². The summed E-state index contributed by atoms with van der Waals surface area (Å²) in [6.45, 7) is 28.4. The smallest absolute Gasteiger partial charge is 0.255 e. The number of aromatic hydroxyl groups is 1. The number of quaternary nitrogens is 1. The molecule has 4 fully saturated rings. The van der Waals surface area contributed by atoms with Crippen LogP contribution >= 0.6 is 0 Å². The number of phenols is 1. The van der Waals surface area contributed by atoms with Gasteiger partial charge in [0.25, 0.3) is 5.91 Å². The van der Waals surface area contributed by atoms with Crippen LogP contribution in [0, 0.1) is 74.4 Å². The van der Waals surface area contributed by atoms with E-state index in [1.165, 1.54) is 224 Å². The minimum absolute atomic E-state index is 0. The quantitative estimate of drug-likeness (QED) is 0.0603. The molecule has 0 aliphatic carbocycles. The predicted molar refractivity (Wildman–Crippen MR) is 581 cm³/mol. The summed E-state index contributed by atoms with van der Waals surface area (Å²) in [6, 6.07) is 47.5. The summed E-state index contributed by atoms with van der Waals surface area (Å²) >= 11 is 0. The number of aryl methyl sites for hydroxylation is 12. The number of hydrogen-bond donors (Lipinski definition) is 2. The van der Waals surface area contributed by atoms with Gasteiger partial charge in [-0.3, -0.25) is 14.6 Å². The molecule has 4 saturated heterocycles. The van der Waals surface area contributed by atoms with Crippen molar-refractivity contribution in [1.82, 2.24) is 14.7 Å². The lowest BCUT2D eigenvalue weighted by Crippen LogP contribution is -3.00. The summed E-state index contributed by atoms with van der Waals surface area (Å²) < 4.78 is 53.2. The number of amides is 1. The molecule has 10 heterocycles. The number of ether oxygens (including phenoxy) is 9. The van der Waals surface area contributed by atoms with E-state index in [9.17, 15) is 20.2 Å². The third-order valence-corrected chi connectivity index (χ3v) is 34.3. The molecule has 15 aromatic carbocycles. The Morgan fingerprint density at radius 2 is 0.667 bits per heavy atom. The first-order valence-electron chi connectivity index (χ1n) is 52.3. The number of aliphatic hydroxyl groups is 1. The van der Waals surface area contributed by atoms with Gasteiger partial charge in [0.2, 0.25) is 0 Å². The molecule has 6 atom stereocenters. The number of hydroxylamine groups is 3. The molecule has 144 heavy (non-hydrogen) atoms. The van der Waals surface area contributed by atoms with Crippen LogP contribution < -0.4 is 64.2 Å². The Kier molecular flexibility index (Phi) is 27.7. The zero-order chi connectivity index (χ0) is 99.7. The Morgan fingerprint density at radius 3 is 1.12 bits per heavy atom. The average molecular weight is 2000 g/mol. The van der Waals surface area contributed by atoms with Crippen LogP contribution in [0.3, 0.4) is 0 Å². The second kappa shape index (κ2) is 40.1. The average Bonchev–Trinajstić information content (AvgIpc) is 0.806. The second-order valence-corrected chi connectivity index (χ2v) is 42.6. The maximum Gasteiger partial charge on any atom is 0.255 e. The van der Waals surface area contributed by atoms with E-state index in [0.717, 1.165) is 207 Å². The van der Waals surface area contributed by atoms with Crippen LogP contribution in [-0.4, -0.2) is 150 Å². The van der Waals surface area contributed by atoms with Crippen LogP contribution in [0.4, 0.5) is 0 Å². The molecule has 2 N–H and O–H groups in total. The van der Waals surface area contributed by atoms with Crippen molar-refractivity contribution < 1.29 is 83.8 Å². The van der Waals surface area contributed by atoms with Gasteiger partial charge in [0.05, 0.1) is 93.6 Å². The first kappa shape index (κ1) is 99.4. The molecule has 9 aliphatic rings. The van der Waals surface area contributed by atoms with Gasteiger partial charge in [-0.25, -0.2) is 4.57 Å². The standard InChI is InChI=1S/C26H31NO2.C25H27NO4.C25H29NO3.C25H26NO2.C24H27NO2.BrH/c1-16-10-19-20-11-17(2)26(29-4)14-23(20)24-15-27-9-7-5-6-8-18(27)12-21(24)22(19)13-25(16)28-3;1-13-9-15-16-10-14(2)21(30-4)12-18(16)23-22(17(15)11-20(13)29-3)24(27)19-7-5-6-8-26(19)25(23)28;1-15-9-18-19-10-16(2)25(29-4)13-22(19)23-14-26(27)8-6-5-7-17(26)11-20(23)21(18)12-24(15)28-3;1-15-9-18-19-10-16(2)25(28-4)13-22(19)23-14-26-8-6-5-7-17(26)11-20(23)21(18)12-24(15)27-3;1-14-8-17-18-9-15(2)24(27-3)12-21(18)19-10-16-6-4-5-7-25(16)13-22(19)20(17)11-23(14)26;/h10-11,13-14,18H,5-9,12,15H2,1-4H3;9-12,19,24,27H,5-8H2,1-4H3;9-10,12-13,17H,5-8,11,14H2,1-4H3;9-14H,5-8H2,1-4H3;8-9,11-12,16,26H,4-7,10,13H2,1-3H3;1H/q;;;+1;;/p-1. The Hall–Kier alpha value is -11.9. The monoisotopic (exact) mass is 2000 g/mol. The van der Waals surface area contributed by atoms with Crippen LogP contribution in [0.15, 0.2) is 134 Å². The lowest BCUT2D eigenvalue weighted by atomic mass is 9.79. The zero-order valence-electron chi connectivity index (χ0n) is 87.7. The Bertz CT molecular complexity index is 7720. The van der Waals surface area contributed by atoms with Crippen LogP contribution in [0.1, 0.15) is 213 Å². The SMILES string of the molecule is COc1cc2c(cc1C)c1cc(C)c(OC)cc1c1c[n+]3c(cc21)CCCC3.COc1cc2c3c(c4cc(O)c(C)cc4c2cc1C)CN1CCCCC1C3.COc1cc2c3c(c4cc(OC)c(C)cc4c2cc1C)C(O)C1CCCCN1C3=O.COc1cc2c3c(c4cc(OC)c(C)cc4c2cc1C)CN1CCCCCC1C3.COc1cc2c3c(c4cc(OC)c(C)cc4c2cc1C)C[N+]1([O-])CCCCC1C3.[Br-]. The number of aliphatic hydroxyl groups excluding tert-OH is 1. The molecule has 0 bridgehead atoms. The molecule has 0 radical (unpaired) electrons. The van der Waals surface area contributed by atoms with E-state index in [4.69, 9.17) is 42.6 Å². The van der Waals surface area contributed by atoms with Crippen molar-refractivity contribution >= 4 is 124 Å². The molecule has 16 aromatic rings. The number of halogens is 1. The molecular formula is C125H140BrN5O13. The van der Waals surface area contributed by atoms with Gasteiger partial charge in [-0.1, -0.05) is 19.3 Å². The van der Waals surface area contributed by atoms with Crippen molar-refractivity contribution in [1.29, 1.82) is 0 Å². The van der Waals surface area contributed by atoms with Gasteiger partial charge in [0.1, 0.15) is 76.7 Å². The van der Waals surface area contributed by atoms with Crippen LogP contribution in [0.25, 0.3) is 118 Å². The largest absolute Gasteiger partial charge is 1.00 e. The highest BCUT2D eigenvalue weighted by Crippen LogP contribution is 2.53. The maximum absolute atomic E-state index is 13.7. The van der Waals surface area contributed by atoms with Gasteiger partial charge < -0.3 is 84.6 Å². The normalized spacial score (nSPS) is 19.5. The minimum Gasteiger partial charge on any atom is -1.00 e. The molecule has 9 aliphatic heterocycles. The van der Waals surface area contributed by atoms with Crippen molar-refractivity contribution in [2.75, 3.05) is 90.2 Å². The molecular weight excluding hydrogens is 1860 g/mol. The van der Waals surface area contributed by atoms with E-state index in [-0.39, 0.29) is 39.6 Å². The van der Waals surface area contributed by atoms with Gasteiger partial charge in [-0.15, -0.1) is 0 Å². The fourth-order valence-corrected chi connectivity index (χ4v) is 26.7. The number of hydrogen-bond acceptors (Lipinski definition) is 15. The number of fused-ring (bicyclic) bond motifs is 35. The molecule has 19 heteroatoms.